The summed E-state index contributed by atoms with van der Waals surface area (Å²) in [6.45, 7) is 78.9. The molecule has 4 N–H and O–H groups in total. The van der Waals surface area contributed by atoms with E-state index in [0.29, 0.717) is 17.1 Å². The highest BCUT2D eigenvalue weighted by Crippen LogP contribution is 2.38. The molecule has 0 amide bonds. The largest absolute Gasteiger partial charge is 0.392 e. The third kappa shape index (κ3) is 49.0. The standard InChI is InChI=1S/2C12H25N.C10H19N.2C10H21N.C9H19N.2C8H17N.C5H11NO.8CH4/c1-9(2)10-7-11(3,4)13-12(5,6)8-10;1-4-5-8-13-9-6-12(7-10-13)11(2)3;1-8(2)10-7-11-5-3-9(10)4-6-11;1-4-11-7-5-10(6-8-11)9(2)3;1-4-11-7-5-6-10(8-11)9(2)3;1-8(2)9-4-6-10(3)7-5-9;1-7(2)8-5-4-6-9(8)3;1-7(2)8-3-5-9-6-4-8;1-4-2-5(7)3-6-4;;;;;;;;/h9-10,13H,7-8H2,1-6H3;11-12H,4-10H2,1-3H3;8-10H,3-7H2,1-2H3;2*9-10H,4-8H2,1-3H3;8-9H,4-7H2,1-3H3;7-8H,4-6H2,1-3H3;7-9H,3-6H2,1-2H3;4-7H,2-3H2,1H3;8*1H4. The molecule has 0 saturated carbocycles. The average Bonchev–Trinajstić information content (AvgIpc) is 1.05. The van der Waals surface area contributed by atoms with Crippen molar-refractivity contribution >= 4 is 0 Å². The zero-order valence-electron chi connectivity index (χ0n) is 68.8. The summed E-state index contributed by atoms with van der Waals surface area (Å²) < 4.78 is 0. The summed E-state index contributed by atoms with van der Waals surface area (Å²) in [5, 5.41) is 19.0. The normalized spacial score (nSPS) is 26.3. The first kappa shape index (κ1) is 115. The van der Waals surface area contributed by atoms with Crippen LogP contribution in [0.2, 0.25) is 0 Å². The number of fused-ring (bicyclic) bond motifs is 3. The van der Waals surface area contributed by atoms with E-state index in [1.54, 1.807) is 0 Å². The summed E-state index contributed by atoms with van der Waals surface area (Å²) in [5.74, 6) is 14.9. The molecule has 0 spiro atoms. The Morgan fingerprint density at radius 1 is 0.422 bits per heavy atom. The molecule has 2 bridgehead atoms. The Bertz CT molecular complexity index is 1740. The topological polar surface area (TPSA) is 75.8 Å². The molecule has 5 unspecified atom stereocenters. The van der Waals surface area contributed by atoms with Gasteiger partial charge < -0.3 is 50.5 Å². The number of unbranched alkanes of at least 4 members (excludes halogenated alkanes) is 1. The molecule has 11 aliphatic rings. The number of rotatable bonds is 13. The summed E-state index contributed by atoms with van der Waals surface area (Å²) in [5.41, 5.74) is 0.632. The number of aliphatic hydroxyl groups excluding tert-OH is 1. The van der Waals surface area contributed by atoms with Crippen LogP contribution in [-0.4, -0.2) is 196 Å². The Kier molecular flexibility index (Phi) is 70.1. The molecule has 11 saturated heterocycles. The van der Waals surface area contributed by atoms with Gasteiger partial charge in [-0.3, -0.25) is 0 Å². The van der Waals surface area contributed by atoms with Crippen LogP contribution < -0.4 is 16.0 Å². The van der Waals surface area contributed by atoms with E-state index in [-0.39, 0.29) is 65.5 Å². The van der Waals surface area contributed by atoms with Crippen molar-refractivity contribution in [3.05, 3.63) is 0 Å². The van der Waals surface area contributed by atoms with Crippen molar-refractivity contribution in [3.63, 3.8) is 0 Å². The SMILES string of the molecule is C.C.C.C.C.C.C.C.CC(C)C1CC(C)(C)NC(C)(C)C1.CC(C)C1CCCN1C.CC(C)C1CCN(C)CC1.CC(C)C1CCNCC1.CC(C)C1CN2CCC1CC2.CC1CC(O)CN1.CCCCN1CCC(C(C)C)CC1.CCN1CCC(C(C)C)CC1.CCN1CCCC(C(C)C)C1. The van der Waals surface area contributed by atoms with Crippen LogP contribution in [0.4, 0.5) is 0 Å². The maximum Gasteiger partial charge on any atom is 0.0679 e. The highest BCUT2D eigenvalue weighted by atomic mass is 16.3. The van der Waals surface area contributed by atoms with E-state index in [2.05, 4.69) is 226 Å². The van der Waals surface area contributed by atoms with Crippen LogP contribution in [0, 0.1) is 94.7 Å². The third-order valence-electron chi connectivity index (χ3n) is 24.8. The maximum atomic E-state index is 8.84. The first-order valence-corrected chi connectivity index (χ1v) is 41.4. The van der Waals surface area contributed by atoms with Crippen LogP contribution in [0.3, 0.4) is 0 Å². The number of aliphatic hydroxyl groups is 1. The van der Waals surface area contributed by atoms with Crippen LogP contribution in [0.15, 0.2) is 0 Å². The van der Waals surface area contributed by atoms with Gasteiger partial charge in [0.2, 0.25) is 0 Å². The van der Waals surface area contributed by atoms with Gasteiger partial charge in [-0.15, -0.1) is 0 Å². The highest BCUT2D eigenvalue weighted by Gasteiger charge is 2.39. The molecule has 0 aliphatic carbocycles. The summed E-state index contributed by atoms with van der Waals surface area (Å²) in [4.78, 5) is 15.3. The minimum Gasteiger partial charge on any atom is -0.392 e. The molecule has 626 valence electrons. The summed E-state index contributed by atoms with van der Waals surface area (Å²) in [6.07, 6.45) is 26.1. The van der Waals surface area contributed by atoms with Crippen molar-refractivity contribution in [2.75, 3.05) is 132 Å². The van der Waals surface area contributed by atoms with Gasteiger partial charge in [0.05, 0.1) is 6.10 Å². The first-order chi connectivity index (χ1) is 44.2. The lowest BCUT2D eigenvalue weighted by molar-refractivity contribution is 0.0277. The van der Waals surface area contributed by atoms with Gasteiger partial charge in [0, 0.05) is 42.8 Å². The molecule has 0 aromatic heterocycles. The van der Waals surface area contributed by atoms with Gasteiger partial charge in [-0.2, -0.15) is 0 Å². The van der Waals surface area contributed by atoms with Crippen molar-refractivity contribution in [2.45, 2.75) is 377 Å². The van der Waals surface area contributed by atoms with Gasteiger partial charge in [-0.25, -0.2) is 0 Å². The van der Waals surface area contributed by atoms with Crippen molar-refractivity contribution in [3.8, 4) is 0 Å². The lowest BCUT2D eigenvalue weighted by atomic mass is 9.72. The molecule has 11 heterocycles. The number of hydrogen-bond donors (Lipinski definition) is 4. The third-order valence-corrected chi connectivity index (χ3v) is 24.8. The second kappa shape index (κ2) is 62.3. The van der Waals surface area contributed by atoms with Crippen molar-refractivity contribution in [1.29, 1.82) is 0 Å². The highest BCUT2D eigenvalue weighted by molar-refractivity contribution is 4.97. The quantitative estimate of drug-likeness (QED) is 0.143. The zero-order chi connectivity index (χ0) is 70.7. The molecule has 0 aromatic carbocycles. The fraction of sp³-hybridized carbons (Fsp3) is 1.00. The number of β-amino-alcohol motifs (C(OH)–C–C–N with tert-alkyl or cyclic N) is 1. The van der Waals surface area contributed by atoms with E-state index in [9.17, 15) is 0 Å². The first-order valence-electron chi connectivity index (χ1n) is 41.4. The predicted molar refractivity (Wildman–Crippen MR) is 473 cm³/mol. The number of nitrogens with zero attached hydrogens (tertiary/aromatic N) is 6. The van der Waals surface area contributed by atoms with Gasteiger partial charge in [-0.05, 0) is 357 Å². The number of hydrogen-bond acceptors (Lipinski definition) is 10. The van der Waals surface area contributed by atoms with Crippen LogP contribution >= 0.6 is 0 Å². The zero-order valence-corrected chi connectivity index (χ0v) is 68.8. The van der Waals surface area contributed by atoms with E-state index in [0.717, 1.165) is 114 Å². The maximum absolute atomic E-state index is 8.84. The van der Waals surface area contributed by atoms with E-state index in [1.807, 2.05) is 0 Å². The molecule has 11 fully saturated rings. The lowest BCUT2D eigenvalue weighted by Gasteiger charge is -2.47. The number of piperidine rings is 9. The van der Waals surface area contributed by atoms with Gasteiger partial charge in [0.15, 0.2) is 0 Å². The Balaban J connectivity index is -0.000000198. The Morgan fingerprint density at radius 2 is 0.833 bits per heavy atom. The molecule has 11 rings (SSSR count). The van der Waals surface area contributed by atoms with Crippen LogP contribution in [-0.2, 0) is 0 Å². The molecular weight excluding hydrogens is 1250 g/mol. The Morgan fingerprint density at radius 3 is 1.13 bits per heavy atom. The molecule has 10 nitrogen and oxygen atoms in total. The summed E-state index contributed by atoms with van der Waals surface area (Å²) in [7, 11) is 4.45. The molecule has 102 heavy (non-hydrogen) atoms. The van der Waals surface area contributed by atoms with Crippen molar-refractivity contribution in [2.24, 2.45) is 94.7 Å². The monoisotopic (exact) mass is 1450 g/mol. The van der Waals surface area contributed by atoms with E-state index in [1.165, 1.54) is 227 Å². The van der Waals surface area contributed by atoms with Gasteiger partial charge in [0.1, 0.15) is 0 Å². The molecule has 10 heteroatoms. The lowest BCUT2D eigenvalue weighted by Crippen LogP contribution is -2.58. The minimum absolute atomic E-state index is 0. The molecule has 0 radical (unpaired) electrons. The molecular formula is C92H207N9O. The number of likely N-dealkylation sites (tertiary alicyclic amines) is 5. The van der Waals surface area contributed by atoms with E-state index < -0.39 is 0 Å². The predicted octanol–water partition coefficient (Wildman–Crippen LogP) is 23.3. The van der Waals surface area contributed by atoms with Gasteiger partial charge >= 0.3 is 0 Å². The van der Waals surface area contributed by atoms with E-state index >= 15 is 0 Å². The summed E-state index contributed by atoms with van der Waals surface area (Å²) >= 11 is 0. The van der Waals surface area contributed by atoms with Crippen LogP contribution in [0.25, 0.3) is 0 Å². The van der Waals surface area contributed by atoms with Gasteiger partial charge in [-0.1, -0.05) is 197 Å². The second-order valence-corrected chi connectivity index (χ2v) is 36.5. The number of nitrogens with one attached hydrogen (secondary N) is 3. The minimum atomic E-state index is -0.0880. The second-order valence-electron chi connectivity index (χ2n) is 36.5. The molecule has 5 atom stereocenters. The smallest absolute Gasteiger partial charge is 0.0679 e. The summed E-state index contributed by atoms with van der Waals surface area (Å²) in [6, 6.07) is 1.39. The van der Waals surface area contributed by atoms with Gasteiger partial charge in [0.25, 0.3) is 0 Å². The fourth-order valence-corrected chi connectivity index (χ4v) is 17.6. The van der Waals surface area contributed by atoms with Crippen molar-refractivity contribution in [1.82, 2.24) is 45.3 Å². The fourth-order valence-electron chi connectivity index (χ4n) is 17.6. The van der Waals surface area contributed by atoms with E-state index in [4.69, 9.17) is 5.11 Å². The molecule has 11 aliphatic heterocycles. The Labute approximate surface area is 650 Å². The van der Waals surface area contributed by atoms with Crippen LogP contribution in [0.5, 0.6) is 0 Å². The molecule has 0 aromatic rings. The Hall–Kier alpha value is -0.400. The van der Waals surface area contributed by atoms with Crippen LogP contribution in [0.1, 0.15) is 348 Å². The average molecular weight is 1460 g/mol. The van der Waals surface area contributed by atoms with Crippen molar-refractivity contribution < 1.29 is 5.11 Å².